The van der Waals surface area contributed by atoms with Gasteiger partial charge in [-0.2, -0.15) is 0 Å². The Labute approximate surface area is 120 Å². The maximum atomic E-state index is 12.0. The van der Waals surface area contributed by atoms with Crippen molar-refractivity contribution in [2.75, 3.05) is 16.8 Å². The van der Waals surface area contributed by atoms with Crippen LogP contribution in [0.4, 0.5) is 11.4 Å². The van der Waals surface area contributed by atoms with Gasteiger partial charge in [0, 0.05) is 10.8 Å². The highest BCUT2D eigenvalue weighted by Gasteiger charge is 2.13. The summed E-state index contributed by atoms with van der Waals surface area (Å²) in [6.45, 7) is 6.18. The van der Waals surface area contributed by atoms with Gasteiger partial charge in [0.1, 0.15) is 0 Å². The van der Waals surface area contributed by atoms with Gasteiger partial charge in [0.15, 0.2) is 0 Å². The van der Waals surface area contributed by atoms with E-state index >= 15 is 0 Å². The molecule has 0 radical (unpaired) electrons. The smallest absolute Gasteiger partial charge is 0.227 e. The van der Waals surface area contributed by atoms with Crippen LogP contribution in [0.1, 0.15) is 40.0 Å². The first-order valence-corrected chi connectivity index (χ1v) is 7.90. The van der Waals surface area contributed by atoms with Crippen LogP contribution in [-0.2, 0) is 4.79 Å². The lowest BCUT2D eigenvalue weighted by molar-refractivity contribution is -0.119. The van der Waals surface area contributed by atoms with Gasteiger partial charge in [-0.05, 0) is 36.8 Å². The van der Waals surface area contributed by atoms with E-state index in [4.69, 9.17) is 5.73 Å². The molecular formula is C15H24N2OS. The van der Waals surface area contributed by atoms with Crippen LogP contribution in [0.2, 0.25) is 0 Å². The zero-order valence-electron chi connectivity index (χ0n) is 12.0. The quantitative estimate of drug-likeness (QED) is 0.583. The predicted molar refractivity (Wildman–Crippen MR) is 84.6 cm³/mol. The molecule has 0 aliphatic rings. The molecule has 0 fully saturated rings. The molecule has 3 N–H and O–H groups in total. The van der Waals surface area contributed by atoms with Crippen molar-refractivity contribution in [1.82, 2.24) is 0 Å². The van der Waals surface area contributed by atoms with Crippen molar-refractivity contribution in [1.29, 1.82) is 0 Å². The summed E-state index contributed by atoms with van der Waals surface area (Å²) in [7, 11) is 0. The molecule has 0 aromatic heterocycles. The molecule has 1 unspecified atom stereocenters. The second kappa shape index (κ2) is 8.10. The van der Waals surface area contributed by atoms with Crippen LogP contribution in [0.5, 0.6) is 0 Å². The van der Waals surface area contributed by atoms with E-state index in [1.165, 1.54) is 0 Å². The van der Waals surface area contributed by atoms with Crippen LogP contribution in [0.25, 0.3) is 0 Å². The molecule has 19 heavy (non-hydrogen) atoms. The maximum absolute atomic E-state index is 12.0. The van der Waals surface area contributed by atoms with Crippen molar-refractivity contribution >= 4 is 29.0 Å². The monoisotopic (exact) mass is 280 g/mol. The van der Waals surface area contributed by atoms with Crippen LogP contribution < -0.4 is 11.1 Å². The predicted octanol–water partition coefficient (Wildman–Crippen LogP) is 4.15. The van der Waals surface area contributed by atoms with E-state index in [1.54, 1.807) is 11.8 Å². The fourth-order valence-corrected chi connectivity index (χ4v) is 2.58. The third-order valence-corrected chi connectivity index (χ3v) is 4.12. The molecule has 1 aromatic carbocycles. The molecule has 3 nitrogen and oxygen atoms in total. The summed E-state index contributed by atoms with van der Waals surface area (Å²) in [5.41, 5.74) is 7.27. The normalized spacial score (nSPS) is 12.2. The van der Waals surface area contributed by atoms with Gasteiger partial charge in [0.25, 0.3) is 0 Å². The Kier molecular flexibility index (Phi) is 6.78. The number of nitrogens with one attached hydrogen (secondary N) is 1. The lowest BCUT2D eigenvalue weighted by Gasteiger charge is -2.13. The van der Waals surface area contributed by atoms with Crippen LogP contribution in [-0.4, -0.2) is 11.7 Å². The van der Waals surface area contributed by atoms with E-state index in [-0.39, 0.29) is 11.8 Å². The molecule has 106 valence electrons. The number of hydrogen-bond acceptors (Lipinski definition) is 3. The number of rotatable bonds is 7. The number of amides is 1. The molecule has 1 amide bonds. The van der Waals surface area contributed by atoms with Crippen LogP contribution in [0.15, 0.2) is 23.1 Å². The summed E-state index contributed by atoms with van der Waals surface area (Å²) < 4.78 is 0. The van der Waals surface area contributed by atoms with E-state index in [0.29, 0.717) is 5.69 Å². The van der Waals surface area contributed by atoms with Gasteiger partial charge < -0.3 is 11.1 Å². The van der Waals surface area contributed by atoms with Gasteiger partial charge >= 0.3 is 0 Å². The molecule has 4 heteroatoms. The summed E-state index contributed by atoms with van der Waals surface area (Å²) in [4.78, 5) is 13.2. The highest BCUT2D eigenvalue weighted by Crippen LogP contribution is 2.27. The van der Waals surface area contributed by atoms with E-state index in [1.807, 2.05) is 25.1 Å². The Morgan fingerprint density at radius 1 is 1.37 bits per heavy atom. The van der Waals surface area contributed by atoms with Gasteiger partial charge in [-0.3, -0.25) is 4.79 Å². The SMILES string of the molecule is CCCSc1ccc(N)c(NC(=O)C(C)CCC)c1. The Bertz CT molecular complexity index is 421. The molecule has 0 bridgehead atoms. The number of anilines is 2. The molecule has 0 heterocycles. The van der Waals surface area contributed by atoms with Gasteiger partial charge in [-0.25, -0.2) is 0 Å². The number of thioether (sulfide) groups is 1. The van der Waals surface area contributed by atoms with Crippen LogP contribution >= 0.6 is 11.8 Å². The number of carbonyl (C=O) groups is 1. The molecule has 0 aliphatic carbocycles. The fraction of sp³-hybridized carbons (Fsp3) is 0.533. The minimum Gasteiger partial charge on any atom is -0.397 e. The molecule has 1 aromatic rings. The summed E-state index contributed by atoms with van der Waals surface area (Å²) in [6, 6.07) is 5.82. The zero-order valence-corrected chi connectivity index (χ0v) is 12.8. The first-order chi connectivity index (χ1) is 9.08. The largest absolute Gasteiger partial charge is 0.397 e. The van der Waals surface area contributed by atoms with Gasteiger partial charge in [-0.15, -0.1) is 11.8 Å². The van der Waals surface area contributed by atoms with Gasteiger partial charge in [0.2, 0.25) is 5.91 Å². The van der Waals surface area contributed by atoms with Crippen molar-refractivity contribution in [3.05, 3.63) is 18.2 Å². The number of nitrogens with two attached hydrogens (primary N) is 1. The zero-order chi connectivity index (χ0) is 14.3. The minimum atomic E-state index is 0.0244. The maximum Gasteiger partial charge on any atom is 0.227 e. The summed E-state index contributed by atoms with van der Waals surface area (Å²) in [5, 5.41) is 2.93. The van der Waals surface area contributed by atoms with E-state index < -0.39 is 0 Å². The average Bonchev–Trinajstić information content (AvgIpc) is 2.39. The van der Waals surface area contributed by atoms with Crippen molar-refractivity contribution in [2.24, 2.45) is 5.92 Å². The third kappa shape index (κ3) is 5.15. The van der Waals surface area contributed by atoms with Crippen molar-refractivity contribution < 1.29 is 4.79 Å². The summed E-state index contributed by atoms with van der Waals surface area (Å²) in [6.07, 6.45) is 3.04. The molecule has 0 saturated carbocycles. The van der Waals surface area contributed by atoms with Crippen molar-refractivity contribution in [2.45, 2.75) is 44.9 Å². The fourth-order valence-electron chi connectivity index (χ4n) is 1.77. The van der Waals surface area contributed by atoms with E-state index in [0.717, 1.165) is 35.6 Å². The molecule has 0 saturated heterocycles. The van der Waals surface area contributed by atoms with E-state index in [9.17, 15) is 4.79 Å². The minimum absolute atomic E-state index is 0.0244. The van der Waals surface area contributed by atoms with E-state index in [2.05, 4.69) is 19.2 Å². The molecule has 0 spiro atoms. The van der Waals surface area contributed by atoms with Crippen LogP contribution in [0, 0.1) is 5.92 Å². The lowest BCUT2D eigenvalue weighted by Crippen LogP contribution is -2.20. The number of benzene rings is 1. The molecule has 0 aliphatic heterocycles. The Balaban J connectivity index is 2.73. The van der Waals surface area contributed by atoms with Crippen LogP contribution in [0.3, 0.4) is 0 Å². The van der Waals surface area contributed by atoms with Gasteiger partial charge in [-0.1, -0.05) is 27.2 Å². The van der Waals surface area contributed by atoms with Gasteiger partial charge in [0.05, 0.1) is 11.4 Å². The second-order valence-corrected chi connectivity index (χ2v) is 5.94. The second-order valence-electron chi connectivity index (χ2n) is 4.78. The summed E-state index contributed by atoms with van der Waals surface area (Å²) in [5.74, 6) is 1.14. The highest BCUT2D eigenvalue weighted by molar-refractivity contribution is 7.99. The first kappa shape index (κ1) is 15.9. The molecule has 1 rings (SSSR count). The third-order valence-electron chi connectivity index (χ3n) is 2.92. The summed E-state index contributed by atoms with van der Waals surface area (Å²) >= 11 is 1.78. The Morgan fingerprint density at radius 3 is 2.74 bits per heavy atom. The topological polar surface area (TPSA) is 55.1 Å². The standard InChI is InChI=1S/C15H24N2OS/c1-4-6-11(3)15(18)17-14-10-12(19-9-5-2)7-8-13(14)16/h7-8,10-11H,4-6,9,16H2,1-3H3,(H,17,18). The first-order valence-electron chi connectivity index (χ1n) is 6.91. The number of carbonyl (C=O) groups excluding carboxylic acids is 1. The number of nitrogen functional groups attached to an aromatic ring is 1. The number of hydrogen-bond donors (Lipinski definition) is 2. The van der Waals surface area contributed by atoms with Crippen molar-refractivity contribution in [3.63, 3.8) is 0 Å². The molecular weight excluding hydrogens is 256 g/mol. The average molecular weight is 280 g/mol. The Morgan fingerprint density at radius 2 is 2.11 bits per heavy atom. The highest BCUT2D eigenvalue weighted by atomic mass is 32.2. The Hall–Kier alpha value is -1.16. The molecule has 1 atom stereocenters. The lowest BCUT2D eigenvalue weighted by atomic mass is 10.1. The van der Waals surface area contributed by atoms with Crippen molar-refractivity contribution in [3.8, 4) is 0 Å².